The Morgan fingerprint density at radius 2 is 2.21 bits per heavy atom. The molecule has 0 amide bonds. The number of hydrogen-bond acceptors (Lipinski definition) is 3. The van der Waals surface area contributed by atoms with E-state index in [2.05, 4.69) is 19.2 Å². The van der Waals surface area contributed by atoms with Crippen LogP contribution in [0.25, 0.3) is 0 Å². The third kappa shape index (κ3) is 3.38. The van der Waals surface area contributed by atoms with Crippen LogP contribution in [0, 0.1) is 11.8 Å². The fourth-order valence-electron chi connectivity index (χ4n) is 3.10. The molecule has 0 radical (unpaired) electrons. The minimum Gasteiger partial charge on any atom is -0.478 e. The molecule has 0 aromatic carbocycles. The van der Waals surface area contributed by atoms with Crippen LogP contribution in [0.3, 0.4) is 0 Å². The predicted octanol–water partition coefficient (Wildman–Crippen LogP) is 3.28. The highest BCUT2D eigenvalue weighted by Gasteiger charge is 2.27. The van der Waals surface area contributed by atoms with Crippen molar-refractivity contribution in [2.75, 3.05) is 0 Å². The quantitative estimate of drug-likeness (QED) is 0.857. The van der Waals surface area contributed by atoms with E-state index in [1.54, 1.807) is 0 Å². The predicted molar refractivity (Wildman–Crippen MR) is 73.1 cm³/mol. The number of rotatable bonds is 5. The minimum atomic E-state index is -0.922. The first-order valence-corrected chi connectivity index (χ1v) is 7.12. The van der Waals surface area contributed by atoms with E-state index < -0.39 is 5.97 Å². The van der Waals surface area contributed by atoms with Gasteiger partial charge in [-0.3, -0.25) is 0 Å². The molecule has 0 spiro atoms. The molecular formula is C15H23NO3. The molecule has 4 nitrogen and oxygen atoms in total. The Bertz CT molecular complexity index is 425. The van der Waals surface area contributed by atoms with Gasteiger partial charge < -0.3 is 14.8 Å². The van der Waals surface area contributed by atoms with E-state index in [4.69, 9.17) is 9.52 Å². The minimum absolute atomic E-state index is 0.268. The lowest BCUT2D eigenvalue weighted by Crippen LogP contribution is -2.40. The maximum atomic E-state index is 11.0. The van der Waals surface area contributed by atoms with Crippen LogP contribution in [-0.2, 0) is 6.54 Å². The van der Waals surface area contributed by atoms with Gasteiger partial charge >= 0.3 is 5.97 Å². The van der Waals surface area contributed by atoms with Gasteiger partial charge in [-0.05, 0) is 30.7 Å². The molecule has 106 valence electrons. The molecule has 0 aliphatic heterocycles. The Morgan fingerprint density at radius 3 is 2.89 bits per heavy atom. The zero-order chi connectivity index (χ0) is 13.8. The monoisotopic (exact) mass is 265 g/mol. The van der Waals surface area contributed by atoms with E-state index >= 15 is 0 Å². The van der Waals surface area contributed by atoms with Crippen molar-refractivity contribution in [1.29, 1.82) is 0 Å². The van der Waals surface area contributed by atoms with Crippen LogP contribution in [0.15, 0.2) is 16.7 Å². The second-order valence-electron chi connectivity index (χ2n) is 5.74. The van der Waals surface area contributed by atoms with Crippen molar-refractivity contribution in [2.24, 2.45) is 11.8 Å². The summed E-state index contributed by atoms with van der Waals surface area (Å²) in [5.74, 6) is 0.945. The molecule has 0 bridgehead atoms. The number of carbonyl (C=O) groups is 1. The molecule has 1 saturated carbocycles. The van der Waals surface area contributed by atoms with E-state index in [0.29, 0.717) is 30.2 Å². The Balaban J connectivity index is 1.96. The first-order chi connectivity index (χ1) is 9.09. The average molecular weight is 265 g/mol. The van der Waals surface area contributed by atoms with Crippen LogP contribution in [0.2, 0.25) is 0 Å². The fraction of sp³-hybridized carbons (Fsp3) is 0.667. The molecule has 2 N–H and O–H groups in total. The Labute approximate surface area is 114 Å². The third-order valence-electron chi connectivity index (χ3n) is 4.18. The standard InChI is InChI=1S/C15H23NO3/c1-10(2)11-5-3-4-6-13(11)16-9-14-12(15(17)18)7-8-19-14/h7-8,10-11,13,16H,3-6,9H2,1-2H3,(H,17,18). The van der Waals surface area contributed by atoms with Crippen LogP contribution >= 0.6 is 0 Å². The SMILES string of the molecule is CC(C)C1CCCCC1NCc1occc1C(=O)O. The van der Waals surface area contributed by atoms with Crippen molar-refractivity contribution in [3.63, 3.8) is 0 Å². The summed E-state index contributed by atoms with van der Waals surface area (Å²) in [5, 5.41) is 12.5. The summed E-state index contributed by atoms with van der Waals surface area (Å²) in [6, 6.07) is 1.99. The van der Waals surface area contributed by atoms with Crippen LogP contribution in [0.5, 0.6) is 0 Å². The maximum Gasteiger partial charge on any atom is 0.339 e. The van der Waals surface area contributed by atoms with E-state index in [1.165, 1.54) is 38.0 Å². The molecule has 2 rings (SSSR count). The summed E-state index contributed by atoms with van der Waals surface area (Å²) < 4.78 is 5.27. The zero-order valence-electron chi connectivity index (χ0n) is 11.7. The van der Waals surface area contributed by atoms with Gasteiger partial charge in [-0.25, -0.2) is 4.79 Å². The van der Waals surface area contributed by atoms with Crippen molar-refractivity contribution >= 4 is 5.97 Å². The highest BCUT2D eigenvalue weighted by Crippen LogP contribution is 2.30. The third-order valence-corrected chi connectivity index (χ3v) is 4.18. The van der Waals surface area contributed by atoms with E-state index in [0.717, 1.165) is 0 Å². The molecule has 1 heterocycles. The highest BCUT2D eigenvalue weighted by atomic mass is 16.4. The molecular weight excluding hydrogens is 242 g/mol. The Kier molecular flexibility index (Phi) is 4.64. The molecule has 2 atom stereocenters. The van der Waals surface area contributed by atoms with Gasteiger partial charge in [-0.1, -0.05) is 26.7 Å². The summed E-state index contributed by atoms with van der Waals surface area (Å²) in [4.78, 5) is 11.0. The molecule has 1 aliphatic carbocycles. The smallest absolute Gasteiger partial charge is 0.339 e. The van der Waals surface area contributed by atoms with E-state index in [1.807, 2.05) is 0 Å². The lowest BCUT2D eigenvalue weighted by Gasteiger charge is -2.35. The largest absolute Gasteiger partial charge is 0.478 e. The van der Waals surface area contributed by atoms with Crippen molar-refractivity contribution < 1.29 is 14.3 Å². The van der Waals surface area contributed by atoms with E-state index in [-0.39, 0.29) is 5.56 Å². The molecule has 1 aromatic rings. The van der Waals surface area contributed by atoms with Gasteiger partial charge in [0.05, 0.1) is 12.8 Å². The number of carboxylic acid groups (broad SMARTS) is 1. The molecule has 2 unspecified atom stereocenters. The summed E-state index contributed by atoms with van der Waals surface area (Å²) in [5.41, 5.74) is 0.268. The summed E-state index contributed by atoms with van der Waals surface area (Å²) >= 11 is 0. The lowest BCUT2D eigenvalue weighted by atomic mass is 9.78. The van der Waals surface area contributed by atoms with Crippen LogP contribution in [0.1, 0.15) is 55.6 Å². The molecule has 1 aromatic heterocycles. The van der Waals surface area contributed by atoms with Crippen LogP contribution < -0.4 is 5.32 Å². The Hall–Kier alpha value is -1.29. The fourth-order valence-corrected chi connectivity index (χ4v) is 3.10. The number of aromatic carboxylic acids is 1. The Morgan fingerprint density at radius 1 is 1.47 bits per heavy atom. The van der Waals surface area contributed by atoms with Crippen molar-refractivity contribution in [2.45, 2.75) is 52.1 Å². The number of nitrogens with one attached hydrogen (secondary N) is 1. The first kappa shape index (κ1) is 14.1. The van der Waals surface area contributed by atoms with Crippen LogP contribution in [-0.4, -0.2) is 17.1 Å². The first-order valence-electron chi connectivity index (χ1n) is 7.12. The molecule has 1 fully saturated rings. The van der Waals surface area contributed by atoms with Crippen molar-refractivity contribution in [3.8, 4) is 0 Å². The second-order valence-corrected chi connectivity index (χ2v) is 5.74. The van der Waals surface area contributed by atoms with Gasteiger partial charge in [0.1, 0.15) is 11.3 Å². The number of hydrogen-bond donors (Lipinski definition) is 2. The lowest BCUT2D eigenvalue weighted by molar-refractivity contribution is 0.0693. The van der Waals surface area contributed by atoms with Gasteiger partial charge in [0.2, 0.25) is 0 Å². The molecule has 4 heteroatoms. The summed E-state index contributed by atoms with van der Waals surface area (Å²) in [6.45, 7) is 5.03. The van der Waals surface area contributed by atoms with Gasteiger partial charge in [-0.2, -0.15) is 0 Å². The number of furan rings is 1. The van der Waals surface area contributed by atoms with Gasteiger partial charge in [0.25, 0.3) is 0 Å². The summed E-state index contributed by atoms with van der Waals surface area (Å²) in [6.07, 6.45) is 6.44. The maximum absolute atomic E-state index is 11.0. The van der Waals surface area contributed by atoms with Crippen LogP contribution in [0.4, 0.5) is 0 Å². The molecule has 1 aliphatic rings. The normalized spacial score (nSPS) is 23.7. The van der Waals surface area contributed by atoms with Gasteiger partial charge in [-0.15, -0.1) is 0 Å². The van der Waals surface area contributed by atoms with Gasteiger partial charge in [0, 0.05) is 6.04 Å². The van der Waals surface area contributed by atoms with Gasteiger partial charge in [0.15, 0.2) is 0 Å². The van der Waals surface area contributed by atoms with E-state index in [9.17, 15) is 4.79 Å². The van der Waals surface area contributed by atoms with Crippen molar-refractivity contribution in [1.82, 2.24) is 5.32 Å². The highest BCUT2D eigenvalue weighted by molar-refractivity contribution is 5.88. The van der Waals surface area contributed by atoms with Crippen molar-refractivity contribution in [3.05, 3.63) is 23.7 Å². The number of carboxylic acids is 1. The molecule has 0 saturated heterocycles. The summed E-state index contributed by atoms with van der Waals surface area (Å²) in [7, 11) is 0. The zero-order valence-corrected chi connectivity index (χ0v) is 11.7. The second kappa shape index (κ2) is 6.24. The average Bonchev–Trinajstić information content (AvgIpc) is 2.85. The molecule has 19 heavy (non-hydrogen) atoms. The topological polar surface area (TPSA) is 62.5 Å².